The molecule has 0 spiro atoms. The first kappa shape index (κ1) is 17.5. The monoisotopic (exact) mass is 380 g/mol. The molecule has 1 atom stereocenters. The number of halogens is 1. The maximum atomic E-state index is 12.1. The van der Waals surface area contributed by atoms with Crippen LogP contribution >= 0.6 is 15.9 Å². The van der Waals surface area contributed by atoms with Gasteiger partial charge in [0.15, 0.2) is 0 Å². The quantitative estimate of drug-likeness (QED) is 0.571. The predicted molar refractivity (Wildman–Crippen MR) is 77.4 cm³/mol. The Hall–Kier alpha value is -1.52. The van der Waals surface area contributed by atoms with E-state index in [1.54, 1.807) is 13.8 Å². The number of nitro groups is 1. The minimum absolute atomic E-state index is 0.00760. The molecule has 1 rings (SSSR count). The molecule has 0 aliphatic rings. The summed E-state index contributed by atoms with van der Waals surface area (Å²) in [6.07, 6.45) is 0. The molecule has 0 amide bonds. The first-order valence-corrected chi connectivity index (χ1v) is 8.03. The van der Waals surface area contributed by atoms with Crippen LogP contribution in [-0.2, 0) is 14.8 Å². The van der Waals surface area contributed by atoms with Crippen LogP contribution in [0.5, 0.6) is 0 Å². The largest absolute Gasteiger partial charge is 0.480 e. The van der Waals surface area contributed by atoms with E-state index in [0.717, 1.165) is 18.2 Å². The minimum atomic E-state index is -4.10. The van der Waals surface area contributed by atoms with Crippen molar-refractivity contribution in [2.75, 3.05) is 0 Å². The van der Waals surface area contributed by atoms with Crippen molar-refractivity contribution in [2.45, 2.75) is 24.8 Å². The highest BCUT2D eigenvalue weighted by atomic mass is 79.9. The van der Waals surface area contributed by atoms with Crippen LogP contribution < -0.4 is 4.72 Å². The van der Waals surface area contributed by atoms with Crippen LogP contribution in [-0.4, -0.2) is 30.5 Å². The van der Waals surface area contributed by atoms with Crippen LogP contribution in [0.15, 0.2) is 27.6 Å². The van der Waals surface area contributed by atoms with Gasteiger partial charge in [-0.2, -0.15) is 4.72 Å². The molecule has 0 aromatic heterocycles. The van der Waals surface area contributed by atoms with E-state index in [2.05, 4.69) is 20.7 Å². The van der Waals surface area contributed by atoms with Gasteiger partial charge in [0.25, 0.3) is 5.69 Å². The van der Waals surface area contributed by atoms with Gasteiger partial charge in [-0.15, -0.1) is 0 Å². The lowest BCUT2D eigenvalue weighted by molar-refractivity contribution is -0.385. The number of sulfonamides is 1. The SMILES string of the molecule is CC(C)[C@H](NS(=O)(=O)c1ccc([N+](=O)[O-])c(Br)c1)C(=O)O. The highest BCUT2D eigenvalue weighted by Crippen LogP contribution is 2.27. The van der Waals surface area contributed by atoms with E-state index in [4.69, 9.17) is 5.11 Å². The zero-order valence-corrected chi connectivity index (χ0v) is 13.5. The Labute approximate surface area is 129 Å². The summed E-state index contributed by atoms with van der Waals surface area (Å²) in [6, 6.07) is 1.84. The molecular formula is C11H13BrN2O6S. The number of rotatable bonds is 6. The Kier molecular flexibility index (Phi) is 5.42. The lowest BCUT2D eigenvalue weighted by atomic mass is 10.1. The summed E-state index contributed by atoms with van der Waals surface area (Å²) in [4.78, 5) is 20.8. The molecule has 0 aliphatic carbocycles. The molecule has 1 aromatic carbocycles. The van der Waals surface area contributed by atoms with Gasteiger partial charge in [-0.3, -0.25) is 14.9 Å². The average Bonchev–Trinajstić information content (AvgIpc) is 2.34. The predicted octanol–water partition coefficient (Wildman–Crippen LogP) is 1.74. The molecule has 0 bridgehead atoms. The van der Waals surface area contributed by atoms with E-state index in [9.17, 15) is 23.3 Å². The molecular weight excluding hydrogens is 368 g/mol. The molecule has 0 saturated carbocycles. The van der Waals surface area contributed by atoms with Crippen LogP contribution in [0.4, 0.5) is 5.69 Å². The summed E-state index contributed by atoms with van der Waals surface area (Å²) >= 11 is 2.91. The van der Waals surface area contributed by atoms with Gasteiger partial charge in [0.1, 0.15) is 6.04 Å². The van der Waals surface area contributed by atoms with Crippen molar-refractivity contribution in [3.05, 3.63) is 32.8 Å². The Morgan fingerprint density at radius 1 is 1.43 bits per heavy atom. The third-order valence-electron chi connectivity index (χ3n) is 2.64. The van der Waals surface area contributed by atoms with Crippen LogP contribution in [0, 0.1) is 16.0 Å². The number of benzene rings is 1. The number of carboxylic acid groups (broad SMARTS) is 1. The van der Waals surface area contributed by atoms with Crippen molar-refractivity contribution >= 4 is 37.6 Å². The van der Waals surface area contributed by atoms with E-state index in [-0.39, 0.29) is 15.1 Å². The summed E-state index contributed by atoms with van der Waals surface area (Å²) in [5, 5.41) is 19.7. The molecule has 0 saturated heterocycles. The van der Waals surface area contributed by atoms with Crippen molar-refractivity contribution in [1.82, 2.24) is 4.72 Å². The summed E-state index contributed by atoms with van der Waals surface area (Å²) in [7, 11) is -4.10. The second-order valence-electron chi connectivity index (χ2n) is 4.55. The Bertz CT molecular complexity index is 673. The summed E-state index contributed by atoms with van der Waals surface area (Å²) in [6.45, 7) is 3.13. The first-order chi connectivity index (χ1) is 9.56. The highest BCUT2D eigenvalue weighted by molar-refractivity contribution is 9.10. The van der Waals surface area contributed by atoms with E-state index in [1.807, 2.05) is 0 Å². The number of carbonyl (C=O) groups is 1. The molecule has 21 heavy (non-hydrogen) atoms. The van der Waals surface area contributed by atoms with Crippen molar-refractivity contribution in [1.29, 1.82) is 0 Å². The second kappa shape index (κ2) is 6.50. The summed E-state index contributed by atoms with van der Waals surface area (Å²) < 4.78 is 26.3. The van der Waals surface area contributed by atoms with Crippen LogP contribution in [0.1, 0.15) is 13.8 Å². The van der Waals surface area contributed by atoms with Crippen molar-refractivity contribution in [3.8, 4) is 0 Å². The van der Waals surface area contributed by atoms with E-state index in [1.165, 1.54) is 0 Å². The molecule has 0 unspecified atom stereocenters. The summed E-state index contributed by atoms with van der Waals surface area (Å²) in [5.41, 5.74) is -0.285. The zero-order valence-electron chi connectivity index (χ0n) is 11.1. The van der Waals surface area contributed by atoms with Gasteiger partial charge < -0.3 is 5.11 Å². The number of carboxylic acids is 1. The molecule has 0 radical (unpaired) electrons. The Morgan fingerprint density at radius 3 is 2.38 bits per heavy atom. The number of hydrogen-bond donors (Lipinski definition) is 2. The van der Waals surface area contributed by atoms with Crippen LogP contribution in [0.3, 0.4) is 0 Å². The van der Waals surface area contributed by atoms with E-state index < -0.39 is 32.9 Å². The average molecular weight is 381 g/mol. The number of nitrogens with zero attached hydrogens (tertiary/aromatic N) is 1. The fourth-order valence-electron chi connectivity index (χ4n) is 1.51. The van der Waals surface area contributed by atoms with Crippen molar-refractivity contribution < 1.29 is 23.2 Å². The Balaban J connectivity index is 3.17. The molecule has 0 fully saturated rings. The van der Waals surface area contributed by atoms with Crippen LogP contribution in [0.2, 0.25) is 0 Å². The van der Waals surface area contributed by atoms with Crippen LogP contribution in [0.25, 0.3) is 0 Å². The topological polar surface area (TPSA) is 127 Å². The van der Waals surface area contributed by atoms with Gasteiger partial charge in [0.2, 0.25) is 10.0 Å². The van der Waals surface area contributed by atoms with E-state index >= 15 is 0 Å². The highest BCUT2D eigenvalue weighted by Gasteiger charge is 2.28. The molecule has 116 valence electrons. The summed E-state index contributed by atoms with van der Waals surface area (Å²) in [5.74, 6) is -1.76. The smallest absolute Gasteiger partial charge is 0.322 e. The first-order valence-electron chi connectivity index (χ1n) is 5.75. The fraction of sp³-hybridized carbons (Fsp3) is 0.364. The number of nitrogens with one attached hydrogen (secondary N) is 1. The maximum Gasteiger partial charge on any atom is 0.322 e. The molecule has 1 aromatic rings. The number of nitro benzene ring substituents is 1. The van der Waals surface area contributed by atoms with Crippen molar-refractivity contribution in [3.63, 3.8) is 0 Å². The third kappa shape index (κ3) is 4.22. The normalized spacial score (nSPS) is 13.1. The standard InChI is InChI=1S/C11H13BrN2O6S/c1-6(2)10(11(15)16)13-21(19,20)7-3-4-9(14(17)18)8(12)5-7/h3-6,10,13H,1-2H3,(H,15,16)/t10-/m0/s1. The lowest BCUT2D eigenvalue weighted by Gasteiger charge is -2.18. The Morgan fingerprint density at radius 2 is 2.00 bits per heavy atom. The third-order valence-corrected chi connectivity index (χ3v) is 4.71. The molecule has 0 aliphatic heterocycles. The van der Waals surface area contributed by atoms with Gasteiger partial charge in [-0.05, 0) is 34.0 Å². The lowest BCUT2D eigenvalue weighted by Crippen LogP contribution is -2.44. The fourth-order valence-corrected chi connectivity index (χ4v) is 3.55. The maximum absolute atomic E-state index is 12.1. The minimum Gasteiger partial charge on any atom is -0.480 e. The van der Waals surface area contributed by atoms with Crippen molar-refractivity contribution in [2.24, 2.45) is 5.92 Å². The zero-order chi connectivity index (χ0) is 16.4. The number of aliphatic carboxylic acids is 1. The van der Waals surface area contributed by atoms with Gasteiger partial charge in [0, 0.05) is 6.07 Å². The number of hydrogen-bond acceptors (Lipinski definition) is 5. The molecule has 2 N–H and O–H groups in total. The second-order valence-corrected chi connectivity index (χ2v) is 7.12. The van der Waals surface area contributed by atoms with Gasteiger partial charge >= 0.3 is 5.97 Å². The molecule has 10 heteroatoms. The van der Waals surface area contributed by atoms with E-state index in [0.29, 0.717) is 0 Å². The van der Waals surface area contributed by atoms with Gasteiger partial charge in [-0.25, -0.2) is 8.42 Å². The van der Waals surface area contributed by atoms with Gasteiger partial charge in [-0.1, -0.05) is 13.8 Å². The molecule has 8 nitrogen and oxygen atoms in total. The molecule has 0 heterocycles. The van der Waals surface area contributed by atoms with Gasteiger partial charge in [0.05, 0.1) is 14.3 Å².